The van der Waals surface area contributed by atoms with Gasteiger partial charge in [0.25, 0.3) is 10.1 Å². The highest BCUT2D eigenvalue weighted by atomic mass is 79.9. The lowest BCUT2D eigenvalue weighted by molar-refractivity contribution is 0.311. The normalized spacial score (nSPS) is 11.7. The molecule has 1 heterocycles. The molecule has 0 aliphatic carbocycles. The van der Waals surface area contributed by atoms with E-state index >= 15 is 0 Å². The number of thiophene rings is 1. The first-order valence-corrected chi connectivity index (χ1v) is 8.19. The van der Waals surface area contributed by atoms with E-state index in [2.05, 4.69) is 15.9 Å². The molecule has 0 amide bonds. The molecule has 18 heavy (non-hydrogen) atoms. The van der Waals surface area contributed by atoms with Crippen molar-refractivity contribution in [3.05, 3.63) is 50.6 Å². The zero-order valence-corrected chi connectivity index (χ0v) is 12.8. The van der Waals surface area contributed by atoms with Gasteiger partial charge in [-0.25, -0.2) is 0 Å². The highest BCUT2D eigenvalue weighted by Gasteiger charge is 2.15. The van der Waals surface area contributed by atoms with Crippen molar-refractivity contribution in [2.45, 2.75) is 18.4 Å². The van der Waals surface area contributed by atoms with Crippen LogP contribution < -0.4 is 0 Å². The van der Waals surface area contributed by atoms with E-state index in [4.69, 9.17) is 4.18 Å². The van der Waals surface area contributed by atoms with Gasteiger partial charge in [0.05, 0.1) is 8.68 Å². The molecule has 0 fully saturated rings. The Hall–Kier alpha value is -0.690. The molecule has 2 aromatic rings. The van der Waals surface area contributed by atoms with Crippen molar-refractivity contribution in [2.75, 3.05) is 0 Å². The number of benzene rings is 1. The summed E-state index contributed by atoms with van der Waals surface area (Å²) < 4.78 is 29.8. The van der Waals surface area contributed by atoms with Crippen LogP contribution in [0.15, 0.2) is 45.1 Å². The second kappa shape index (κ2) is 5.52. The molecule has 1 aromatic heterocycles. The van der Waals surface area contributed by atoms with Crippen molar-refractivity contribution in [2.24, 2.45) is 0 Å². The molecular weight excluding hydrogens is 336 g/mol. The summed E-state index contributed by atoms with van der Waals surface area (Å²) in [5, 5.41) is 0. The third kappa shape index (κ3) is 3.41. The molecular formula is C12H11BrO3S2. The molecule has 6 heteroatoms. The third-order valence-electron chi connectivity index (χ3n) is 2.29. The standard InChI is InChI=1S/C12H11BrO3S2/c1-9-2-5-11(6-3-9)18(14,15)16-8-10-4-7-12(13)17-10/h2-7H,8H2,1H3. The van der Waals surface area contributed by atoms with Gasteiger partial charge in [-0.3, -0.25) is 4.18 Å². The van der Waals surface area contributed by atoms with E-state index < -0.39 is 10.1 Å². The third-order valence-corrected chi connectivity index (χ3v) is 5.17. The summed E-state index contributed by atoms with van der Waals surface area (Å²) in [5.41, 5.74) is 1.01. The molecule has 0 atom stereocenters. The monoisotopic (exact) mass is 346 g/mol. The molecule has 0 N–H and O–H groups in total. The molecule has 0 bridgehead atoms. The summed E-state index contributed by atoms with van der Waals surface area (Å²) in [6.45, 7) is 1.97. The summed E-state index contributed by atoms with van der Waals surface area (Å²) in [5.74, 6) is 0. The molecule has 2 rings (SSSR count). The summed E-state index contributed by atoms with van der Waals surface area (Å²) in [4.78, 5) is 1.04. The SMILES string of the molecule is Cc1ccc(S(=O)(=O)OCc2ccc(Br)s2)cc1. The van der Waals surface area contributed by atoms with Gasteiger partial charge in [-0.1, -0.05) is 17.7 Å². The minimum absolute atomic E-state index is 0.0620. The fourth-order valence-corrected chi connectivity index (χ4v) is 3.70. The Balaban J connectivity index is 2.10. The molecule has 0 saturated carbocycles. The van der Waals surface area contributed by atoms with E-state index in [1.165, 1.54) is 11.3 Å². The van der Waals surface area contributed by atoms with Crippen LogP contribution in [-0.2, 0) is 20.9 Å². The van der Waals surface area contributed by atoms with Gasteiger partial charge in [0.2, 0.25) is 0 Å². The second-order valence-corrected chi connectivity index (χ2v) is 7.90. The smallest absolute Gasteiger partial charge is 0.261 e. The largest absolute Gasteiger partial charge is 0.297 e. The fraction of sp³-hybridized carbons (Fsp3) is 0.167. The van der Waals surface area contributed by atoms with Crippen LogP contribution in [0.1, 0.15) is 10.4 Å². The summed E-state index contributed by atoms with van der Waals surface area (Å²) in [6, 6.07) is 10.3. The van der Waals surface area contributed by atoms with E-state index in [-0.39, 0.29) is 11.5 Å². The lowest BCUT2D eigenvalue weighted by Gasteiger charge is -2.04. The van der Waals surface area contributed by atoms with Gasteiger partial charge in [0, 0.05) is 4.88 Å². The average Bonchev–Trinajstić information content (AvgIpc) is 2.73. The first-order chi connectivity index (χ1) is 8.47. The van der Waals surface area contributed by atoms with Crippen molar-refractivity contribution in [1.82, 2.24) is 0 Å². The Labute approximate surface area is 119 Å². The van der Waals surface area contributed by atoms with Crippen LogP contribution in [-0.4, -0.2) is 8.42 Å². The van der Waals surface area contributed by atoms with Crippen LogP contribution >= 0.6 is 27.3 Å². The maximum atomic E-state index is 11.9. The van der Waals surface area contributed by atoms with Crippen molar-refractivity contribution < 1.29 is 12.6 Å². The lowest BCUT2D eigenvalue weighted by Crippen LogP contribution is -2.05. The Kier molecular flexibility index (Phi) is 4.21. The van der Waals surface area contributed by atoms with Crippen molar-refractivity contribution in [1.29, 1.82) is 0 Å². The Bertz CT molecular complexity index is 630. The van der Waals surface area contributed by atoms with Crippen LogP contribution in [0.3, 0.4) is 0 Å². The molecule has 0 aliphatic heterocycles. The van der Waals surface area contributed by atoms with E-state index in [1.54, 1.807) is 24.3 Å². The highest BCUT2D eigenvalue weighted by Crippen LogP contribution is 2.24. The predicted molar refractivity (Wildman–Crippen MR) is 75.2 cm³/mol. The van der Waals surface area contributed by atoms with Crippen LogP contribution in [0, 0.1) is 6.92 Å². The first kappa shape index (κ1) is 13.7. The molecule has 0 aliphatic rings. The maximum Gasteiger partial charge on any atom is 0.297 e. The van der Waals surface area contributed by atoms with Gasteiger partial charge in [0.15, 0.2) is 0 Å². The van der Waals surface area contributed by atoms with Crippen LogP contribution in [0.4, 0.5) is 0 Å². The number of rotatable bonds is 4. The highest BCUT2D eigenvalue weighted by molar-refractivity contribution is 9.11. The van der Waals surface area contributed by atoms with Crippen LogP contribution in [0.25, 0.3) is 0 Å². The number of hydrogen-bond acceptors (Lipinski definition) is 4. The van der Waals surface area contributed by atoms with E-state index in [1.807, 2.05) is 19.1 Å². The molecule has 0 radical (unpaired) electrons. The minimum Gasteiger partial charge on any atom is -0.261 e. The topological polar surface area (TPSA) is 43.4 Å². The van der Waals surface area contributed by atoms with Gasteiger partial charge >= 0.3 is 0 Å². The zero-order chi connectivity index (χ0) is 13.2. The number of halogens is 1. The predicted octanol–water partition coefficient (Wildman–Crippen LogP) is 3.72. The molecule has 0 saturated heterocycles. The first-order valence-electron chi connectivity index (χ1n) is 5.18. The van der Waals surface area contributed by atoms with Gasteiger partial charge in [-0.2, -0.15) is 8.42 Å². The quantitative estimate of drug-likeness (QED) is 0.792. The van der Waals surface area contributed by atoms with E-state index in [0.29, 0.717) is 0 Å². The molecule has 0 spiro atoms. The van der Waals surface area contributed by atoms with E-state index in [0.717, 1.165) is 14.2 Å². The Morgan fingerprint density at radius 1 is 1.17 bits per heavy atom. The zero-order valence-electron chi connectivity index (χ0n) is 9.59. The molecule has 3 nitrogen and oxygen atoms in total. The summed E-state index contributed by atoms with van der Waals surface area (Å²) in [6.07, 6.45) is 0. The molecule has 1 aromatic carbocycles. The Morgan fingerprint density at radius 3 is 2.39 bits per heavy atom. The Morgan fingerprint density at radius 2 is 1.83 bits per heavy atom. The number of hydrogen-bond donors (Lipinski definition) is 0. The maximum absolute atomic E-state index is 11.9. The van der Waals surface area contributed by atoms with Gasteiger partial charge < -0.3 is 0 Å². The summed E-state index contributed by atoms with van der Waals surface area (Å²) in [7, 11) is -3.67. The van der Waals surface area contributed by atoms with Gasteiger partial charge in [0.1, 0.15) is 6.61 Å². The summed E-state index contributed by atoms with van der Waals surface area (Å²) >= 11 is 4.77. The molecule has 0 unspecified atom stereocenters. The van der Waals surface area contributed by atoms with Gasteiger partial charge in [-0.05, 0) is 47.1 Å². The second-order valence-electron chi connectivity index (χ2n) is 3.74. The van der Waals surface area contributed by atoms with E-state index in [9.17, 15) is 8.42 Å². The lowest BCUT2D eigenvalue weighted by atomic mass is 10.2. The fourth-order valence-electron chi connectivity index (χ4n) is 1.34. The van der Waals surface area contributed by atoms with Crippen molar-refractivity contribution >= 4 is 37.4 Å². The molecule has 96 valence electrons. The minimum atomic E-state index is -3.67. The van der Waals surface area contributed by atoms with Crippen molar-refractivity contribution in [3.63, 3.8) is 0 Å². The van der Waals surface area contributed by atoms with Gasteiger partial charge in [-0.15, -0.1) is 11.3 Å². The number of aryl methyl sites for hydroxylation is 1. The van der Waals surface area contributed by atoms with Crippen LogP contribution in [0.5, 0.6) is 0 Å². The van der Waals surface area contributed by atoms with Crippen molar-refractivity contribution in [3.8, 4) is 0 Å². The van der Waals surface area contributed by atoms with Crippen LogP contribution in [0.2, 0.25) is 0 Å². The average molecular weight is 347 g/mol.